The number of rotatable bonds is 9. The average molecular weight is 2240 g/mol. The van der Waals surface area contributed by atoms with Crippen LogP contribution in [0.5, 0.6) is 0 Å². The number of carbonyl (C=O) groups is 3. The molecule has 6 aliphatic rings. The van der Waals surface area contributed by atoms with E-state index in [0.717, 1.165) is 109 Å². The maximum atomic E-state index is 13.0. The summed E-state index contributed by atoms with van der Waals surface area (Å²) in [5.74, 6) is 0.391. The van der Waals surface area contributed by atoms with Gasteiger partial charge in [0.05, 0.1) is 67.9 Å². The molecular formula is C105H108B2BrCl12N13O10. The number of fused-ring (bicyclic) bond motifs is 7. The van der Waals surface area contributed by atoms with Crippen LogP contribution in [0.25, 0.3) is 39.2 Å². The van der Waals surface area contributed by atoms with Crippen molar-refractivity contribution in [3.8, 4) is 22.3 Å². The van der Waals surface area contributed by atoms with Crippen molar-refractivity contribution in [2.75, 3.05) is 38.6 Å². The third kappa shape index (κ3) is 27.3. The van der Waals surface area contributed by atoms with Gasteiger partial charge in [0, 0.05) is 122 Å². The lowest BCUT2D eigenvalue weighted by molar-refractivity contribution is 0.00578. The molecule has 750 valence electrons. The molecule has 5 unspecified atom stereocenters. The van der Waals surface area contributed by atoms with E-state index in [-0.39, 0.29) is 59.5 Å². The van der Waals surface area contributed by atoms with Gasteiger partial charge in [0.15, 0.2) is 22.5 Å². The second-order valence-corrected chi connectivity index (χ2v) is 45.1. The Morgan fingerprint density at radius 2 is 0.762 bits per heavy atom. The molecule has 2 saturated heterocycles. The number of ether oxygens (including phenoxy) is 3. The predicted octanol–water partition coefficient (Wildman–Crippen LogP) is 27.4. The fraction of sp³-hybridized carbons (Fsp3) is 0.343. The largest absolute Gasteiger partial charge is 0.494 e. The molecule has 143 heavy (non-hydrogen) atoms. The van der Waals surface area contributed by atoms with Gasteiger partial charge in [0.2, 0.25) is 0 Å². The van der Waals surface area contributed by atoms with E-state index in [2.05, 4.69) is 187 Å². The van der Waals surface area contributed by atoms with Gasteiger partial charge in [-0.25, -0.2) is 42.9 Å². The van der Waals surface area contributed by atoms with E-state index in [9.17, 15) is 14.4 Å². The van der Waals surface area contributed by atoms with Crippen LogP contribution < -0.4 is 16.2 Å². The smallest absolute Gasteiger partial charge is 0.444 e. The molecule has 5 atom stereocenters. The Kier molecular flexibility index (Phi) is 35.8. The van der Waals surface area contributed by atoms with Crippen molar-refractivity contribution in [1.82, 2.24) is 63.8 Å². The monoisotopic (exact) mass is 2230 g/mol. The highest BCUT2D eigenvalue weighted by Gasteiger charge is 2.54. The van der Waals surface area contributed by atoms with Crippen LogP contribution in [-0.4, -0.2) is 168 Å². The summed E-state index contributed by atoms with van der Waals surface area (Å²) in [5.41, 5.74) is 18.6. The highest BCUT2D eigenvalue weighted by Crippen LogP contribution is 2.45. The fourth-order valence-electron chi connectivity index (χ4n) is 17.3. The van der Waals surface area contributed by atoms with Crippen molar-refractivity contribution < 1.29 is 47.2 Å². The summed E-state index contributed by atoms with van der Waals surface area (Å²) in [6.45, 7) is 34.7. The molecule has 0 aliphatic carbocycles. The maximum Gasteiger partial charge on any atom is 0.494 e. The number of benzene rings is 8. The lowest BCUT2D eigenvalue weighted by atomic mass is 9.75. The van der Waals surface area contributed by atoms with Crippen molar-refractivity contribution in [3.63, 3.8) is 0 Å². The zero-order chi connectivity index (χ0) is 103. The molecule has 2 fully saturated rings. The van der Waals surface area contributed by atoms with Gasteiger partial charge in [0.1, 0.15) is 30.2 Å². The minimum Gasteiger partial charge on any atom is -0.444 e. The quantitative estimate of drug-likeness (QED) is 0.0613. The Morgan fingerprint density at radius 3 is 1.13 bits per heavy atom. The maximum absolute atomic E-state index is 13.0. The summed E-state index contributed by atoms with van der Waals surface area (Å²) in [4.78, 5) is 54.0. The molecule has 23 nitrogen and oxygen atoms in total. The predicted molar refractivity (Wildman–Crippen MR) is 581 cm³/mol. The number of amides is 2. The SMILES string of the molecule is Brc1ccc2ncnn2c1.CC(C)(C)OC(=O)N1Cc2cc(-c3ccc4ncnn4c3)ccc2C(c2ccc(Cl)c(Cl)c2)C1.CC(C)(C)OC(=O)N1Cc2cc(B3OC(C)(C)C(C)(C)O3)ccc2C(c2ccc(Cl)c(Cl)c2)C1.CC(Cl)OC(=O)Cl.CN1Cc2cc(B3OC(C)(C)C(C)(C)O3)ccc2C(c2ccc(Cl)c(Cl)c2)C1.ClCCl.Clc1ccc(C2CNCc3cc(-c4ccc5ncnn5c4)ccc32)cc1Cl. The number of halogens is 13. The van der Waals surface area contributed by atoms with Gasteiger partial charge in [-0.2, -0.15) is 15.3 Å². The number of likely N-dealkylation sites (N-methyl/N-ethyl adjacent to an activating group) is 1. The van der Waals surface area contributed by atoms with Crippen molar-refractivity contribution >= 4 is 215 Å². The molecular weight excluding hydrogens is 2130 g/mol. The van der Waals surface area contributed by atoms with Crippen LogP contribution in [0, 0.1) is 0 Å². The van der Waals surface area contributed by atoms with E-state index in [1.807, 2.05) is 167 Å². The fourth-order valence-corrected chi connectivity index (χ4v) is 19.1. The topological polar surface area (TPSA) is 228 Å². The van der Waals surface area contributed by atoms with Crippen LogP contribution in [0.1, 0.15) is 194 Å². The number of nitrogens with zero attached hydrogens (tertiary/aromatic N) is 12. The van der Waals surface area contributed by atoms with Crippen LogP contribution in [-0.2, 0) is 59.0 Å². The molecule has 6 aliphatic heterocycles. The van der Waals surface area contributed by atoms with E-state index in [1.165, 1.54) is 58.5 Å². The number of nitrogens with one attached hydrogen (secondary N) is 1. The third-order valence-electron chi connectivity index (χ3n) is 25.7. The van der Waals surface area contributed by atoms with Crippen molar-refractivity contribution in [2.45, 2.75) is 193 Å². The highest BCUT2D eigenvalue weighted by atomic mass is 79.9. The first-order chi connectivity index (χ1) is 67.5. The van der Waals surface area contributed by atoms with E-state index < -0.39 is 40.5 Å². The van der Waals surface area contributed by atoms with Crippen LogP contribution in [0.3, 0.4) is 0 Å². The number of alkyl halides is 3. The van der Waals surface area contributed by atoms with E-state index >= 15 is 0 Å². The molecule has 0 spiro atoms. The average Bonchev–Trinajstić information content (AvgIpc) is 1.73. The van der Waals surface area contributed by atoms with Crippen LogP contribution in [0.2, 0.25) is 40.2 Å². The summed E-state index contributed by atoms with van der Waals surface area (Å²) in [6, 6.07) is 60.8. The first-order valence-electron chi connectivity index (χ1n) is 46.0. The highest BCUT2D eigenvalue weighted by molar-refractivity contribution is 9.10. The normalized spacial score (nSPS) is 18.1. The summed E-state index contributed by atoms with van der Waals surface area (Å²) in [6.07, 6.45) is 9.78. The standard InChI is InChI=1S/C26H32BCl2NO4.C26H24Cl2N4O2.C22H26BCl2NO2.C21H16Cl2N4.C6H4BrN3.C3H4Cl2O2.CH2Cl2/c1-24(2,3)32-23(31)30-14-17-12-18(27-33-25(4,5)26(6,7)34-27)9-10-19(17)20(15-30)16-8-11-21(28)22(29)13-16;1-26(2,3)34-25(33)31-12-19-10-16(18-6-9-24-29-15-30-32(24)13-18)4-7-20(19)21(14-31)17-5-8-22(27)23(28)11-17;1-21(2)22(3,4)28-23(27-21)16-7-8-17-15(10-16)12-26(5)13-18(17)14-6-9-19(24)20(25)11-14;22-19-5-2-14(8-20(19)23)18-10-24-9-16-7-13(1-4-17(16)18)15-3-6-21-25-12-26-27(21)11-15;7-5-1-2-6-8-4-9-10(6)3-5;1-2(4)7-3(5)6;2-1-3/h8-13,20H,14-15H2,1-7H3;4-11,13,15,21H,12,14H2,1-3H3;6-11,18H,12-13H2,1-5H3;1-8,11-12,18,24H,9-10H2;1-4H;2H,1H3;1H2. The zero-order valence-electron chi connectivity index (χ0n) is 81.6. The summed E-state index contributed by atoms with van der Waals surface area (Å²) >= 11 is 72.5. The van der Waals surface area contributed by atoms with Crippen LogP contribution in [0.15, 0.2) is 224 Å². The van der Waals surface area contributed by atoms with Crippen molar-refractivity contribution in [3.05, 3.63) is 331 Å². The molecule has 0 radical (unpaired) electrons. The molecule has 0 saturated carbocycles. The molecule has 0 bridgehead atoms. The van der Waals surface area contributed by atoms with Crippen LogP contribution >= 0.6 is 155 Å². The minimum atomic E-state index is -0.873. The molecule has 14 aromatic rings. The lowest BCUT2D eigenvalue weighted by Gasteiger charge is -2.36. The lowest BCUT2D eigenvalue weighted by Crippen LogP contribution is -2.43. The first kappa shape index (κ1) is 110. The molecule has 6 aromatic heterocycles. The van der Waals surface area contributed by atoms with Gasteiger partial charge in [-0.1, -0.05) is 189 Å². The summed E-state index contributed by atoms with van der Waals surface area (Å²) in [7, 11) is 1.33. The summed E-state index contributed by atoms with van der Waals surface area (Å²) < 4.78 is 46.8. The number of pyridine rings is 3. The van der Waals surface area contributed by atoms with Gasteiger partial charge >= 0.3 is 31.9 Å². The van der Waals surface area contributed by atoms with Crippen molar-refractivity contribution in [2.24, 2.45) is 0 Å². The van der Waals surface area contributed by atoms with Gasteiger partial charge in [-0.05, 0) is 313 Å². The summed E-state index contributed by atoms with van der Waals surface area (Å²) in [5, 5.41) is 20.5. The van der Waals surface area contributed by atoms with Gasteiger partial charge in [-0.3, -0.25) is 0 Å². The van der Waals surface area contributed by atoms with Gasteiger partial charge < -0.3 is 52.8 Å². The Labute approximate surface area is 902 Å². The van der Waals surface area contributed by atoms with Crippen LogP contribution in [0.4, 0.5) is 14.4 Å². The Balaban J connectivity index is 0.000000142. The Hall–Kier alpha value is -8.52. The molecule has 12 heterocycles. The molecule has 2 amide bonds. The second-order valence-electron chi connectivity index (χ2n) is 39.2. The number of aromatic nitrogens is 9. The van der Waals surface area contributed by atoms with Crippen molar-refractivity contribution in [1.29, 1.82) is 0 Å². The second kappa shape index (κ2) is 46.5. The molecule has 20 rings (SSSR count). The number of carbonyl (C=O) groups excluding carboxylic acids is 3. The first-order valence-corrected chi connectivity index (χ1v) is 51.7. The molecule has 38 heteroatoms. The van der Waals surface area contributed by atoms with E-state index in [1.54, 1.807) is 41.8 Å². The number of hydrogen-bond acceptors (Lipinski definition) is 18. The Bertz CT molecular complexity index is 6930. The van der Waals surface area contributed by atoms with E-state index in [4.69, 9.17) is 167 Å². The van der Waals surface area contributed by atoms with Gasteiger partial charge in [0.25, 0.3) is 0 Å². The van der Waals surface area contributed by atoms with E-state index in [0.29, 0.717) is 66.4 Å². The molecule has 1 N–H and O–H groups in total. The van der Waals surface area contributed by atoms with Gasteiger partial charge in [-0.15, -0.1) is 23.2 Å². The molecule has 8 aromatic carbocycles. The Morgan fingerprint density at radius 1 is 0.434 bits per heavy atom. The minimum absolute atomic E-state index is 0.0575. The third-order valence-corrected chi connectivity index (χ3v) is 29.3. The zero-order valence-corrected chi connectivity index (χ0v) is 92.2. The number of hydrogen-bond donors (Lipinski definition) is 1.